The molecule has 0 bridgehead atoms. The molecule has 1 aliphatic carbocycles. The minimum atomic E-state index is -4.40. The maximum Gasteiger partial charge on any atom is 0.294 e. The highest BCUT2D eigenvalue weighted by Crippen LogP contribution is 2.50. The van der Waals surface area contributed by atoms with Crippen LogP contribution in [0.2, 0.25) is 0 Å². The predicted molar refractivity (Wildman–Crippen MR) is 268 cm³/mol. The quantitative estimate of drug-likeness (QED) is 0.0261. The summed E-state index contributed by atoms with van der Waals surface area (Å²) < 4.78 is 62.0. The second-order valence-electron chi connectivity index (χ2n) is 20.6. The van der Waals surface area contributed by atoms with Gasteiger partial charge in [-0.15, -0.1) is 0 Å². The number of allylic oxidation sites excluding steroid dienone is 7. The van der Waals surface area contributed by atoms with Gasteiger partial charge in [0.25, 0.3) is 10.1 Å². The minimum Gasteiger partial charge on any atom is -0.344 e. The summed E-state index contributed by atoms with van der Waals surface area (Å²) in [5, 5.41) is 3.75. The number of hydrogen-bond donors (Lipinski definition) is 2. The number of hydrogen-bond acceptors (Lipinski definition) is 6. The van der Waals surface area contributed by atoms with Gasteiger partial charge in [-0.05, 0) is 115 Å². The summed E-state index contributed by atoms with van der Waals surface area (Å²) in [6, 6.07) is 18.6. The smallest absolute Gasteiger partial charge is 0.294 e. The Kier molecular flexibility index (Phi) is 14.6. The first-order valence-electron chi connectivity index (χ1n) is 22.2. The van der Waals surface area contributed by atoms with Crippen molar-refractivity contribution in [1.82, 2.24) is 0 Å². The lowest BCUT2D eigenvalue weighted by Crippen LogP contribution is -2.37. The van der Waals surface area contributed by atoms with Crippen LogP contribution in [-0.2, 0) is 37.3 Å². The normalized spacial score (nSPS) is 19.5. The third-order valence-corrected chi connectivity index (χ3v) is 15.7. The standard InChI is InChI=1S/C50H66N7O5S3/c1-49(2)42-33-40(64(11,58)59)23-25-44(42)54(29-13-31-56(5,6)7)46(49)27-19-37-15-12-16-38(48(37)63-39-21-17-36(18-22-39)35-52-53-51)20-28-47-50(3,4)43-34-41(65(60,61)62)24-26-45(43)55(47)30-14-32-57(8,9)10/h17-28,33-34H,11-16,29-32,35H2,1-10H3/q+1/p+2. The molecule has 0 aromatic heterocycles. The molecule has 65 heavy (non-hydrogen) atoms. The molecule has 2 heterocycles. The Bertz CT molecular complexity index is 2760. The van der Waals surface area contributed by atoms with Gasteiger partial charge in [0.2, 0.25) is 5.69 Å². The van der Waals surface area contributed by atoms with Gasteiger partial charge in [-0.3, -0.25) is 4.55 Å². The number of rotatable bonds is 17. The molecule has 0 saturated heterocycles. The van der Waals surface area contributed by atoms with Crippen molar-refractivity contribution in [2.75, 3.05) is 73.4 Å². The van der Waals surface area contributed by atoms with E-state index in [1.807, 2.05) is 30.3 Å². The molecule has 3 aromatic carbocycles. The van der Waals surface area contributed by atoms with Gasteiger partial charge in [0, 0.05) is 62.2 Å². The van der Waals surface area contributed by atoms with E-state index >= 15 is 0 Å². The van der Waals surface area contributed by atoms with Crippen LogP contribution in [0, 0.1) is 0 Å². The molecular formula is C50H68N7O5S3+3. The molecule has 2 aliphatic heterocycles. The second kappa shape index (κ2) is 19.0. The van der Waals surface area contributed by atoms with E-state index in [0.29, 0.717) is 4.90 Å². The number of fused-ring (bicyclic) bond motifs is 2. The number of quaternary nitrogens is 2. The van der Waals surface area contributed by atoms with Crippen LogP contribution in [0.4, 0.5) is 11.4 Å². The monoisotopic (exact) mass is 942 g/mol. The highest BCUT2D eigenvalue weighted by atomic mass is 32.2. The number of thioether (sulfide) groups is 1. The zero-order valence-electron chi connectivity index (χ0n) is 39.8. The summed E-state index contributed by atoms with van der Waals surface area (Å²) in [5.41, 5.74) is 17.2. The number of azide groups is 1. The molecule has 12 nitrogen and oxygen atoms in total. The Morgan fingerprint density at radius 1 is 0.846 bits per heavy atom. The van der Waals surface area contributed by atoms with Crippen LogP contribution in [0.3, 0.4) is 0 Å². The van der Waals surface area contributed by atoms with Crippen LogP contribution in [0.15, 0.2) is 127 Å². The molecule has 0 saturated carbocycles. The average Bonchev–Trinajstić information content (AvgIpc) is 3.55. The van der Waals surface area contributed by atoms with E-state index in [9.17, 15) is 21.7 Å². The van der Waals surface area contributed by atoms with Crippen LogP contribution >= 0.6 is 11.8 Å². The third kappa shape index (κ3) is 11.8. The van der Waals surface area contributed by atoms with Crippen molar-refractivity contribution in [2.45, 2.75) is 91.9 Å². The van der Waals surface area contributed by atoms with Crippen LogP contribution < -0.4 is 4.90 Å². The molecule has 1 unspecified atom stereocenters. The number of benzene rings is 3. The Labute approximate surface area is 392 Å². The van der Waals surface area contributed by atoms with Crippen LogP contribution in [0.5, 0.6) is 0 Å². The highest BCUT2D eigenvalue weighted by Gasteiger charge is 2.45. The zero-order valence-corrected chi connectivity index (χ0v) is 42.3. The lowest BCUT2D eigenvalue weighted by molar-refractivity contribution is -0.871. The Morgan fingerprint density at radius 3 is 2.12 bits per heavy atom. The van der Waals surface area contributed by atoms with Gasteiger partial charge in [0.1, 0.15) is 9.80 Å². The van der Waals surface area contributed by atoms with Crippen molar-refractivity contribution in [1.29, 1.82) is 0 Å². The Morgan fingerprint density at radius 2 is 1.49 bits per heavy atom. The fraction of sp³-hybridized carbons (Fsp3) is 0.440. The first-order chi connectivity index (χ1) is 30.2. The third-order valence-electron chi connectivity index (χ3n) is 12.6. The fourth-order valence-electron chi connectivity index (χ4n) is 9.16. The number of anilines is 1. The molecule has 0 fully saturated rings. The maximum absolute atomic E-state index is 12.8. The molecule has 15 heteroatoms. The topological polar surface area (TPSA) is 147 Å². The first-order valence-corrected chi connectivity index (χ1v) is 26.1. The summed E-state index contributed by atoms with van der Waals surface area (Å²) in [4.78, 5) is 7.68. The van der Waals surface area contributed by atoms with Crippen molar-refractivity contribution in [3.63, 3.8) is 0 Å². The largest absolute Gasteiger partial charge is 0.344 e. The zero-order chi connectivity index (χ0) is 47.8. The lowest BCUT2D eigenvalue weighted by atomic mass is 9.81. The molecule has 0 radical (unpaired) electrons. The van der Waals surface area contributed by atoms with Crippen molar-refractivity contribution in [3.05, 3.63) is 134 Å². The van der Waals surface area contributed by atoms with Gasteiger partial charge in [0.15, 0.2) is 12.3 Å². The van der Waals surface area contributed by atoms with E-state index in [4.69, 9.17) is 5.53 Å². The van der Waals surface area contributed by atoms with E-state index in [1.54, 1.807) is 23.9 Å². The molecular weight excluding hydrogens is 875 g/mol. The molecule has 3 aliphatic rings. The van der Waals surface area contributed by atoms with Crippen LogP contribution in [-0.4, -0.2) is 115 Å². The van der Waals surface area contributed by atoms with Crippen molar-refractivity contribution < 1.29 is 35.3 Å². The summed E-state index contributed by atoms with van der Waals surface area (Å²) in [6.45, 7) is 12.4. The Balaban J connectivity index is 1.49. The molecule has 2 N–H and O–H groups in total. The number of nitrogens with zero attached hydrogens (tertiary/aromatic N) is 7. The molecule has 1 atom stereocenters. The van der Waals surface area contributed by atoms with Crippen molar-refractivity contribution >= 4 is 54.6 Å². The van der Waals surface area contributed by atoms with Gasteiger partial charge in [-0.1, -0.05) is 55.0 Å². The molecule has 0 amide bonds. The maximum atomic E-state index is 12.8. The van der Waals surface area contributed by atoms with Crippen LogP contribution in [0.1, 0.15) is 76.5 Å². The van der Waals surface area contributed by atoms with E-state index < -0.39 is 30.8 Å². The average molecular weight is 943 g/mol. The van der Waals surface area contributed by atoms with E-state index in [1.165, 1.54) is 17.2 Å². The fourth-order valence-corrected chi connectivity index (χ4v) is 11.4. The van der Waals surface area contributed by atoms with Gasteiger partial charge >= 0.3 is 0 Å². The van der Waals surface area contributed by atoms with Gasteiger partial charge in [0.05, 0.1) is 83.5 Å². The van der Waals surface area contributed by atoms with Gasteiger partial charge in [-0.2, -0.15) is 13.0 Å². The van der Waals surface area contributed by atoms with Crippen molar-refractivity contribution in [3.8, 4) is 0 Å². The highest BCUT2D eigenvalue weighted by molar-refractivity contribution is 8.03. The molecule has 3 aromatic rings. The van der Waals surface area contributed by atoms with Gasteiger partial charge < -0.3 is 18.4 Å². The predicted octanol–water partition coefficient (Wildman–Crippen LogP) is 10.3. The summed E-state index contributed by atoms with van der Waals surface area (Å²) >= 11 is 1.72. The molecule has 0 spiro atoms. The second-order valence-corrected chi connectivity index (χ2v) is 24.8. The summed E-state index contributed by atoms with van der Waals surface area (Å²) in [6.07, 6.45) is 13.5. The summed E-state index contributed by atoms with van der Waals surface area (Å²) in [7, 11) is 5.33. The summed E-state index contributed by atoms with van der Waals surface area (Å²) in [5.74, 6) is 3.57. The molecule has 348 valence electrons. The van der Waals surface area contributed by atoms with Gasteiger partial charge in [-0.25, -0.2) is 4.21 Å². The van der Waals surface area contributed by atoms with E-state index in [2.05, 4.69) is 132 Å². The SMILES string of the molecule is C=S(=O)(O)c1ccc2c(c1)C(C)(C)C(C=CC1=C(Sc3ccc(CN=[N+]=[N-])cc3)C(=CC=C3N(CCC[N+](C)(C)C)c4ccc(S(=O)(=O)O)cc4C3(C)C)CCC1)=[N+]2CCC[N+](C)(C)C. The van der Waals surface area contributed by atoms with E-state index in [-0.39, 0.29) is 11.4 Å². The Hall–Kier alpha value is -4.44. The lowest BCUT2D eigenvalue weighted by Gasteiger charge is -2.29. The minimum absolute atomic E-state index is 0.111. The first kappa shape index (κ1) is 50.0. The van der Waals surface area contributed by atoms with Crippen molar-refractivity contribution in [2.24, 2.45) is 5.11 Å². The molecule has 6 rings (SSSR count). The van der Waals surface area contributed by atoms with E-state index in [0.717, 1.165) is 117 Å². The van der Waals surface area contributed by atoms with Crippen LogP contribution in [0.25, 0.3) is 10.4 Å².